The zero-order valence-corrected chi connectivity index (χ0v) is 53.4. The van der Waals surface area contributed by atoms with Crippen molar-refractivity contribution >= 4 is 11.9 Å². The number of ether oxygens (including phenoxy) is 1. The molecule has 0 rings (SSSR count). The first-order valence-electron chi connectivity index (χ1n) is 36.3. The van der Waals surface area contributed by atoms with Gasteiger partial charge in [0.05, 0.1) is 25.4 Å². The summed E-state index contributed by atoms with van der Waals surface area (Å²) in [5.74, 6) is -0.0117. The Balaban J connectivity index is 3.37. The summed E-state index contributed by atoms with van der Waals surface area (Å²) in [4.78, 5) is 24.6. The smallest absolute Gasteiger partial charge is 0.305 e. The molecule has 78 heavy (non-hydrogen) atoms. The minimum absolute atomic E-state index is 0.0173. The van der Waals surface area contributed by atoms with Gasteiger partial charge in [-0.05, 0) is 25.7 Å². The van der Waals surface area contributed by atoms with Crippen LogP contribution in [0.2, 0.25) is 0 Å². The van der Waals surface area contributed by atoms with Gasteiger partial charge < -0.3 is 20.3 Å². The number of esters is 1. The topological polar surface area (TPSA) is 95.9 Å². The normalized spacial score (nSPS) is 12.4. The highest BCUT2D eigenvalue weighted by Gasteiger charge is 2.20. The second-order valence-corrected chi connectivity index (χ2v) is 25.3. The maximum absolute atomic E-state index is 12.6. The van der Waals surface area contributed by atoms with Crippen LogP contribution in [0.4, 0.5) is 0 Å². The van der Waals surface area contributed by atoms with Crippen molar-refractivity contribution < 1.29 is 24.5 Å². The average Bonchev–Trinajstić information content (AvgIpc) is 3.44. The van der Waals surface area contributed by atoms with E-state index in [1.807, 2.05) is 0 Å². The first-order chi connectivity index (χ1) is 38.5. The highest BCUT2D eigenvalue weighted by Crippen LogP contribution is 2.20. The second kappa shape index (κ2) is 68.4. The summed E-state index contributed by atoms with van der Waals surface area (Å²) in [7, 11) is 0. The number of unbranched alkanes of at least 4 members (excludes halogenated alkanes) is 58. The monoisotopic (exact) mass is 1100 g/mol. The average molecular weight is 1100 g/mol. The number of hydrogen-bond acceptors (Lipinski definition) is 5. The van der Waals surface area contributed by atoms with Gasteiger partial charge in [-0.15, -0.1) is 0 Å². The van der Waals surface area contributed by atoms with Crippen LogP contribution >= 0.6 is 0 Å². The molecule has 6 nitrogen and oxygen atoms in total. The Morgan fingerprint density at radius 3 is 0.782 bits per heavy atom. The number of hydrogen-bond donors (Lipinski definition) is 3. The van der Waals surface area contributed by atoms with Gasteiger partial charge >= 0.3 is 5.97 Å². The minimum atomic E-state index is -0.665. The van der Waals surface area contributed by atoms with Crippen molar-refractivity contribution in [3.8, 4) is 0 Å². The fourth-order valence-corrected chi connectivity index (χ4v) is 11.9. The summed E-state index contributed by atoms with van der Waals surface area (Å²) >= 11 is 0. The van der Waals surface area contributed by atoms with Crippen LogP contribution in [0.15, 0.2) is 0 Å². The van der Waals surface area contributed by atoms with Crippen molar-refractivity contribution in [2.45, 2.75) is 437 Å². The molecule has 0 fully saturated rings. The van der Waals surface area contributed by atoms with Crippen LogP contribution < -0.4 is 5.32 Å². The number of rotatable bonds is 69. The maximum Gasteiger partial charge on any atom is 0.305 e. The molecular weight excluding hydrogens is 959 g/mol. The number of aliphatic hydroxyl groups is 2. The lowest BCUT2D eigenvalue weighted by molar-refractivity contribution is -0.143. The third-order valence-corrected chi connectivity index (χ3v) is 17.4. The molecule has 0 heterocycles. The van der Waals surface area contributed by atoms with Crippen LogP contribution in [-0.4, -0.2) is 47.4 Å². The van der Waals surface area contributed by atoms with E-state index in [9.17, 15) is 19.8 Å². The standard InChI is InChI=1S/C72H143NO5/c1-3-5-7-9-11-13-15-17-19-20-21-22-23-24-25-28-31-34-37-40-44-48-52-56-60-64-70(75)69(68-74)73-71(76)65-61-57-53-49-45-41-38-35-32-29-26-27-30-33-36-39-43-47-51-55-59-63-67-78-72(77)66-62-58-54-50-46-42-18-16-14-12-10-8-6-4-2/h69-70,74-75H,3-68H2,1-2H3,(H,73,76). The van der Waals surface area contributed by atoms with Gasteiger partial charge in [0.2, 0.25) is 5.91 Å². The number of carbonyl (C=O) groups excluding carboxylic acids is 2. The molecule has 0 saturated carbocycles. The molecule has 0 bridgehead atoms. The van der Waals surface area contributed by atoms with Gasteiger partial charge in [0, 0.05) is 12.8 Å². The van der Waals surface area contributed by atoms with Crippen LogP contribution in [0.25, 0.3) is 0 Å². The summed E-state index contributed by atoms with van der Waals surface area (Å²) < 4.78 is 5.49. The van der Waals surface area contributed by atoms with Gasteiger partial charge in [-0.2, -0.15) is 0 Å². The van der Waals surface area contributed by atoms with E-state index in [-0.39, 0.29) is 18.5 Å². The Morgan fingerprint density at radius 1 is 0.308 bits per heavy atom. The van der Waals surface area contributed by atoms with Gasteiger partial charge in [0.15, 0.2) is 0 Å². The highest BCUT2D eigenvalue weighted by atomic mass is 16.5. The van der Waals surface area contributed by atoms with E-state index in [0.717, 1.165) is 38.5 Å². The molecule has 0 radical (unpaired) electrons. The summed E-state index contributed by atoms with van der Waals surface area (Å²) in [5, 5.41) is 23.5. The summed E-state index contributed by atoms with van der Waals surface area (Å²) in [6, 6.07) is -0.542. The Bertz CT molecular complexity index is 1130. The molecule has 0 saturated heterocycles. The van der Waals surface area contributed by atoms with E-state index in [4.69, 9.17) is 4.74 Å². The van der Waals surface area contributed by atoms with E-state index in [1.165, 1.54) is 353 Å². The molecule has 0 aliphatic rings. The Morgan fingerprint density at radius 2 is 0.526 bits per heavy atom. The SMILES string of the molecule is CCCCCCCCCCCCCCCCCCCCCCCCCCCC(O)C(CO)NC(=O)CCCCCCCCCCCCCCCCCCCCCCCCOC(=O)CCCCCCCCCCCCCCCC. The van der Waals surface area contributed by atoms with Crippen molar-refractivity contribution in [2.75, 3.05) is 13.2 Å². The van der Waals surface area contributed by atoms with E-state index in [1.54, 1.807) is 0 Å². The van der Waals surface area contributed by atoms with Crippen LogP contribution in [0.5, 0.6) is 0 Å². The Kier molecular flexibility index (Phi) is 67.4. The molecule has 6 heteroatoms. The van der Waals surface area contributed by atoms with Gasteiger partial charge in [-0.3, -0.25) is 9.59 Å². The van der Waals surface area contributed by atoms with Gasteiger partial charge in [0.25, 0.3) is 0 Å². The number of aliphatic hydroxyl groups excluding tert-OH is 2. The minimum Gasteiger partial charge on any atom is -0.466 e. The van der Waals surface area contributed by atoms with E-state index in [0.29, 0.717) is 25.9 Å². The molecule has 0 aromatic heterocycles. The van der Waals surface area contributed by atoms with Crippen molar-refractivity contribution in [1.29, 1.82) is 0 Å². The lowest BCUT2D eigenvalue weighted by Gasteiger charge is -2.22. The predicted octanol–water partition coefficient (Wildman–Crippen LogP) is 23.4. The van der Waals surface area contributed by atoms with E-state index >= 15 is 0 Å². The van der Waals surface area contributed by atoms with Crippen LogP contribution in [0, 0.1) is 0 Å². The zero-order valence-electron chi connectivity index (χ0n) is 53.4. The molecular formula is C72H143NO5. The maximum atomic E-state index is 12.6. The molecule has 2 atom stereocenters. The molecule has 0 aliphatic heterocycles. The van der Waals surface area contributed by atoms with Gasteiger partial charge in [-0.25, -0.2) is 0 Å². The summed E-state index contributed by atoms with van der Waals surface area (Å²) in [6.07, 6.45) is 83.0. The number of amides is 1. The zero-order chi connectivity index (χ0) is 56.4. The lowest BCUT2D eigenvalue weighted by atomic mass is 10.0. The number of carbonyl (C=O) groups is 2. The number of nitrogens with one attached hydrogen (secondary N) is 1. The molecule has 2 unspecified atom stereocenters. The third kappa shape index (κ3) is 64.0. The predicted molar refractivity (Wildman–Crippen MR) is 343 cm³/mol. The van der Waals surface area contributed by atoms with E-state index < -0.39 is 12.1 Å². The van der Waals surface area contributed by atoms with Crippen LogP contribution in [0.1, 0.15) is 425 Å². The first kappa shape index (κ1) is 76.9. The molecule has 0 spiro atoms. The largest absolute Gasteiger partial charge is 0.466 e. The molecule has 466 valence electrons. The fraction of sp³-hybridized carbons (Fsp3) is 0.972. The van der Waals surface area contributed by atoms with Gasteiger partial charge in [-0.1, -0.05) is 386 Å². The lowest BCUT2D eigenvalue weighted by Crippen LogP contribution is -2.45. The Hall–Kier alpha value is -1.14. The van der Waals surface area contributed by atoms with E-state index in [2.05, 4.69) is 19.2 Å². The first-order valence-corrected chi connectivity index (χ1v) is 36.3. The fourth-order valence-electron chi connectivity index (χ4n) is 11.9. The molecule has 0 aromatic rings. The molecule has 0 aromatic carbocycles. The molecule has 1 amide bonds. The second-order valence-electron chi connectivity index (χ2n) is 25.3. The van der Waals surface area contributed by atoms with Crippen molar-refractivity contribution in [2.24, 2.45) is 0 Å². The van der Waals surface area contributed by atoms with Crippen LogP contribution in [-0.2, 0) is 14.3 Å². The molecule has 0 aliphatic carbocycles. The highest BCUT2D eigenvalue weighted by molar-refractivity contribution is 5.76. The summed E-state index contributed by atoms with van der Waals surface area (Å²) in [5.41, 5.74) is 0. The third-order valence-electron chi connectivity index (χ3n) is 17.4. The van der Waals surface area contributed by atoms with Gasteiger partial charge in [0.1, 0.15) is 0 Å². The quantitative estimate of drug-likeness (QED) is 0.0417. The van der Waals surface area contributed by atoms with Crippen molar-refractivity contribution in [3.05, 3.63) is 0 Å². The Labute approximate surface area is 489 Å². The van der Waals surface area contributed by atoms with Crippen molar-refractivity contribution in [1.82, 2.24) is 5.32 Å². The van der Waals surface area contributed by atoms with Crippen molar-refractivity contribution in [3.63, 3.8) is 0 Å². The van der Waals surface area contributed by atoms with Crippen LogP contribution in [0.3, 0.4) is 0 Å². The molecule has 3 N–H and O–H groups in total. The summed E-state index contributed by atoms with van der Waals surface area (Å²) in [6.45, 7) is 5.01.